The van der Waals surface area contributed by atoms with E-state index in [2.05, 4.69) is 4.98 Å². The number of hydrogen-bond acceptors (Lipinski definition) is 4. The van der Waals surface area contributed by atoms with Crippen molar-refractivity contribution >= 4 is 34.2 Å². The molecule has 4 nitrogen and oxygen atoms in total. The smallest absolute Gasteiger partial charge is 0.194 e. The molecule has 0 N–H and O–H groups in total. The maximum Gasteiger partial charge on any atom is 0.194 e. The van der Waals surface area contributed by atoms with Crippen LogP contribution in [0.3, 0.4) is 0 Å². The van der Waals surface area contributed by atoms with E-state index in [9.17, 15) is 4.79 Å². The van der Waals surface area contributed by atoms with Gasteiger partial charge in [-0.3, -0.25) is 9.20 Å². The first-order valence-corrected chi connectivity index (χ1v) is 9.31. The summed E-state index contributed by atoms with van der Waals surface area (Å²) in [5.74, 6) is 0.687. The SMILES string of the molecule is Cc1cc(Cl)cc(-c2nc3sccn3c2C=O)c1OCc1ccccc1. The molecule has 0 unspecified atom stereocenters. The number of benzene rings is 2. The first-order chi connectivity index (χ1) is 12.7. The van der Waals surface area contributed by atoms with Crippen LogP contribution in [-0.4, -0.2) is 15.7 Å². The number of hydrogen-bond donors (Lipinski definition) is 0. The minimum atomic E-state index is 0.426. The highest BCUT2D eigenvalue weighted by Crippen LogP contribution is 2.38. The maximum atomic E-state index is 11.7. The monoisotopic (exact) mass is 382 g/mol. The number of aryl methyl sites for hydroxylation is 1. The average Bonchev–Trinajstić information content (AvgIpc) is 3.22. The summed E-state index contributed by atoms with van der Waals surface area (Å²) in [6.45, 7) is 2.36. The van der Waals surface area contributed by atoms with Gasteiger partial charge in [-0.2, -0.15) is 0 Å². The molecule has 2 aromatic carbocycles. The van der Waals surface area contributed by atoms with Crippen LogP contribution in [0.2, 0.25) is 5.02 Å². The lowest BCUT2D eigenvalue weighted by Crippen LogP contribution is -2.00. The molecule has 4 aromatic rings. The number of aromatic nitrogens is 2. The first-order valence-electron chi connectivity index (χ1n) is 8.05. The highest BCUT2D eigenvalue weighted by atomic mass is 35.5. The van der Waals surface area contributed by atoms with Crippen molar-refractivity contribution in [3.05, 3.63) is 75.9 Å². The summed E-state index contributed by atoms with van der Waals surface area (Å²) < 4.78 is 7.90. The van der Waals surface area contributed by atoms with E-state index >= 15 is 0 Å². The van der Waals surface area contributed by atoms with E-state index in [4.69, 9.17) is 16.3 Å². The Morgan fingerprint density at radius 3 is 2.85 bits per heavy atom. The quantitative estimate of drug-likeness (QED) is 0.433. The molecular weight excluding hydrogens is 368 g/mol. The molecule has 0 radical (unpaired) electrons. The third kappa shape index (κ3) is 3.00. The molecule has 0 spiro atoms. The minimum Gasteiger partial charge on any atom is -0.488 e. The second-order valence-corrected chi connectivity index (χ2v) is 7.20. The highest BCUT2D eigenvalue weighted by molar-refractivity contribution is 7.15. The zero-order valence-electron chi connectivity index (χ0n) is 14.0. The molecule has 0 amide bonds. The Labute approximate surface area is 159 Å². The zero-order chi connectivity index (χ0) is 18.1. The van der Waals surface area contributed by atoms with E-state index in [1.807, 2.05) is 54.9 Å². The van der Waals surface area contributed by atoms with Crippen LogP contribution in [0.1, 0.15) is 21.6 Å². The van der Waals surface area contributed by atoms with Crippen molar-refractivity contribution in [2.75, 3.05) is 0 Å². The van der Waals surface area contributed by atoms with E-state index in [1.54, 1.807) is 10.5 Å². The number of fused-ring (bicyclic) bond motifs is 1. The van der Waals surface area contributed by atoms with Crippen molar-refractivity contribution < 1.29 is 9.53 Å². The lowest BCUT2D eigenvalue weighted by Gasteiger charge is -2.14. The van der Waals surface area contributed by atoms with Gasteiger partial charge in [0.25, 0.3) is 0 Å². The number of ether oxygens (including phenoxy) is 1. The van der Waals surface area contributed by atoms with E-state index in [0.717, 1.165) is 27.9 Å². The van der Waals surface area contributed by atoms with Crippen molar-refractivity contribution in [3.8, 4) is 17.0 Å². The van der Waals surface area contributed by atoms with Gasteiger partial charge in [-0.15, -0.1) is 11.3 Å². The molecule has 0 aliphatic rings. The molecule has 26 heavy (non-hydrogen) atoms. The second-order valence-electron chi connectivity index (χ2n) is 5.89. The molecule has 6 heteroatoms. The number of carbonyl (C=O) groups excluding carboxylic acids is 1. The molecule has 0 bridgehead atoms. The number of aldehydes is 1. The van der Waals surface area contributed by atoms with Gasteiger partial charge in [0.1, 0.15) is 23.7 Å². The predicted octanol–water partition coefficient (Wildman–Crippen LogP) is 5.42. The first kappa shape index (κ1) is 16.8. The van der Waals surface area contributed by atoms with Gasteiger partial charge in [-0.1, -0.05) is 41.9 Å². The van der Waals surface area contributed by atoms with Gasteiger partial charge in [0.05, 0.1) is 0 Å². The number of imidazole rings is 1. The van der Waals surface area contributed by atoms with Gasteiger partial charge in [0, 0.05) is 22.2 Å². The molecule has 0 saturated carbocycles. The summed E-state index contributed by atoms with van der Waals surface area (Å²) in [4.78, 5) is 17.1. The Balaban J connectivity index is 1.82. The third-order valence-electron chi connectivity index (χ3n) is 4.13. The van der Waals surface area contributed by atoms with Crippen molar-refractivity contribution in [2.45, 2.75) is 13.5 Å². The number of thiazole rings is 1. The lowest BCUT2D eigenvalue weighted by atomic mass is 10.1. The van der Waals surface area contributed by atoms with Crippen molar-refractivity contribution in [3.63, 3.8) is 0 Å². The Morgan fingerprint density at radius 2 is 2.08 bits per heavy atom. The fourth-order valence-corrected chi connectivity index (χ4v) is 3.94. The Kier molecular flexibility index (Phi) is 4.49. The highest BCUT2D eigenvalue weighted by Gasteiger charge is 2.20. The number of rotatable bonds is 5. The molecule has 0 atom stereocenters. The fraction of sp³-hybridized carbons (Fsp3) is 0.100. The van der Waals surface area contributed by atoms with Gasteiger partial charge >= 0.3 is 0 Å². The van der Waals surface area contributed by atoms with Crippen LogP contribution in [-0.2, 0) is 6.61 Å². The molecule has 2 aromatic heterocycles. The Bertz CT molecular complexity index is 1090. The normalized spacial score (nSPS) is 11.0. The molecule has 0 aliphatic carbocycles. The predicted molar refractivity (Wildman–Crippen MR) is 104 cm³/mol. The van der Waals surface area contributed by atoms with Crippen molar-refractivity contribution in [1.82, 2.24) is 9.38 Å². The van der Waals surface area contributed by atoms with Gasteiger partial charge in [0.2, 0.25) is 0 Å². The largest absolute Gasteiger partial charge is 0.488 e. The molecule has 0 fully saturated rings. The molecule has 2 heterocycles. The van der Waals surface area contributed by atoms with Gasteiger partial charge < -0.3 is 4.74 Å². The van der Waals surface area contributed by atoms with Gasteiger partial charge in [-0.05, 0) is 30.2 Å². The van der Waals surface area contributed by atoms with Crippen LogP contribution in [0.15, 0.2) is 54.0 Å². The van der Waals surface area contributed by atoms with Crippen molar-refractivity contribution in [1.29, 1.82) is 0 Å². The fourth-order valence-electron chi connectivity index (χ4n) is 2.94. The number of halogens is 1. The van der Waals surface area contributed by atoms with E-state index < -0.39 is 0 Å². The van der Waals surface area contributed by atoms with Gasteiger partial charge in [-0.25, -0.2) is 4.98 Å². The van der Waals surface area contributed by atoms with Crippen LogP contribution < -0.4 is 4.74 Å². The summed E-state index contributed by atoms with van der Waals surface area (Å²) >= 11 is 7.76. The van der Waals surface area contributed by atoms with Crippen LogP contribution in [0, 0.1) is 6.92 Å². The molecule has 130 valence electrons. The second kappa shape index (κ2) is 6.94. The summed E-state index contributed by atoms with van der Waals surface area (Å²) in [6, 6.07) is 13.6. The summed E-state index contributed by atoms with van der Waals surface area (Å²) in [7, 11) is 0. The van der Waals surface area contributed by atoms with E-state index in [-0.39, 0.29) is 0 Å². The molecule has 0 aliphatic heterocycles. The summed E-state index contributed by atoms with van der Waals surface area (Å²) in [5.41, 5.74) is 3.77. The molecule has 0 saturated heterocycles. The molecular formula is C20H15ClN2O2S. The number of nitrogens with zero attached hydrogens (tertiary/aromatic N) is 2. The van der Waals surface area contributed by atoms with Crippen LogP contribution in [0.5, 0.6) is 5.75 Å². The Morgan fingerprint density at radius 1 is 1.27 bits per heavy atom. The summed E-state index contributed by atoms with van der Waals surface area (Å²) in [5, 5.41) is 2.48. The third-order valence-corrected chi connectivity index (χ3v) is 5.11. The standard InChI is InChI=1S/C20H15ClN2O2S/c1-13-9-15(21)10-16(19(13)25-12-14-5-3-2-4-6-14)18-17(11-24)23-7-8-26-20(23)22-18/h2-11H,12H2,1H3. The minimum absolute atomic E-state index is 0.426. The molecule has 4 rings (SSSR count). The maximum absolute atomic E-state index is 11.7. The van der Waals surface area contributed by atoms with E-state index in [1.165, 1.54) is 11.3 Å². The number of carbonyl (C=O) groups is 1. The van der Waals surface area contributed by atoms with Gasteiger partial charge in [0.15, 0.2) is 11.2 Å². The van der Waals surface area contributed by atoms with E-state index in [0.29, 0.717) is 28.8 Å². The van der Waals surface area contributed by atoms with Crippen LogP contribution in [0.25, 0.3) is 16.2 Å². The lowest BCUT2D eigenvalue weighted by molar-refractivity contribution is 0.111. The van der Waals surface area contributed by atoms with Crippen molar-refractivity contribution in [2.24, 2.45) is 0 Å². The summed E-state index contributed by atoms with van der Waals surface area (Å²) in [6.07, 6.45) is 2.65. The average molecular weight is 383 g/mol. The van der Waals surface area contributed by atoms with Crippen LogP contribution in [0.4, 0.5) is 0 Å². The van der Waals surface area contributed by atoms with Crippen LogP contribution >= 0.6 is 22.9 Å². The zero-order valence-corrected chi connectivity index (χ0v) is 15.6. The topological polar surface area (TPSA) is 43.6 Å². The Hall–Kier alpha value is -2.63.